The van der Waals surface area contributed by atoms with Gasteiger partial charge in [-0.15, -0.1) is 0 Å². The van der Waals surface area contributed by atoms with Gasteiger partial charge in [-0.3, -0.25) is 4.79 Å². The van der Waals surface area contributed by atoms with Gasteiger partial charge in [-0.1, -0.05) is 0 Å². The predicted octanol–water partition coefficient (Wildman–Crippen LogP) is 3.20. The largest absolute Gasteiger partial charge is 0.497 e. The number of aldehydes is 1. The van der Waals surface area contributed by atoms with Crippen LogP contribution in [0.1, 0.15) is 15.9 Å². The predicted molar refractivity (Wildman–Crippen MR) is 91.7 cm³/mol. The van der Waals surface area contributed by atoms with Crippen LogP contribution in [0, 0.1) is 0 Å². The zero-order valence-electron chi connectivity index (χ0n) is 13.8. The first-order chi connectivity index (χ1) is 12.1. The molecular formula is C19H16O6. The van der Waals surface area contributed by atoms with Crippen LogP contribution in [0.25, 0.3) is 11.0 Å². The maximum absolute atomic E-state index is 11.8. The zero-order valence-corrected chi connectivity index (χ0v) is 13.8. The lowest BCUT2D eigenvalue weighted by atomic mass is 10.1. The van der Waals surface area contributed by atoms with Gasteiger partial charge in [0.1, 0.15) is 29.4 Å². The Kier molecular flexibility index (Phi) is 4.70. The number of carbonyl (C=O) groups is 1. The smallest absolute Gasteiger partial charge is 0.336 e. The molecule has 0 unspecified atom stereocenters. The highest BCUT2D eigenvalue weighted by molar-refractivity contribution is 5.82. The average Bonchev–Trinajstić information content (AvgIpc) is 2.65. The van der Waals surface area contributed by atoms with Crippen LogP contribution in [0.4, 0.5) is 0 Å². The molecule has 2 aromatic carbocycles. The summed E-state index contributed by atoms with van der Waals surface area (Å²) in [5, 5.41) is 0.738. The van der Waals surface area contributed by atoms with Gasteiger partial charge in [-0.25, -0.2) is 4.79 Å². The van der Waals surface area contributed by atoms with Crippen molar-refractivity contribution in [3.05, 3.63) is 64.0 Å². The molecule has 0 spiro atoms. The third kappa shape index (κ3) is 3.47. The molecule has 0 amide bonds. The molecule has 1 heterocycles. The number of fused-ring (bicyclic) bond motifs is 1. The molecule has 3 rings (SSSR count). The highest BCUT2D eigenvalue weighted by Crippen LogP contribution is 2.26. The van der Waals surface area contributed by atoms with Crippen LogP contribution in [0.15, 0.2) is 51.7 Å². The summed E-state index contributed by atoms with van der Waals surface area (Å²) >= 11 is 0. The van der Waals surface area contributed by atoms with Gasteiger partial charge in [0.25, 0.3) is 0 Å². The molecule has 0 bridgehead atoms. The van der Waals surface area contributed by atoms with Gasteiger partial charge in [-0.05, 0) is 30.3 Å². The first-order valence-corrected chi connectivity index (χ1v) is 7.51. The summed E-state index contributed by atoms with van der Waals surface area (Å²) in [6.45, 7) is 0.113. The maximum Gasteiger partial charge on any atom is 0.336 e. The van der Waals surface area contributed by atoms with Crippen molar-refractivity contribution in [2.75, 3.05) is 14.2 Å². The summed E-state index contributed by atoms with van der Waals surface area (Å²) in [6.07, 6.45) is 0.695. The number of carbonyl (C=O) groups excluding carboxylic acids is 1. The minimum atomic E-state index is -0.482. The molecule has 0 saturated heterocycles. The second-order valence-electron chi connectivity index (χ2n) is 5.26. The summed E-state index contributed by atoms with van der Waals surface area (Å²) in [4.78, 5) is 23.0. The number of methoxy groups -OCH3 is 2. The summed E-state index contributed by atoms with van der Waals surface area (Å²) in [5.41, 5.74) is 0.954. The van der Waals surface area contributed by atoms with E-state index in [0.717, 1.165) is 5.39 Å². The van der Waals surface area contributed by atoms with Gasteiger partial charge in [0.15, 0.2) is 6.29 Å². The Hall–Kier alpha value is -3.28. The Balaban J connectivity index is 1.93. The fourth-order valence-electron chi connectivity index (χ4n) is 2.49. The van der Waals surface area contributed by atoms with Crippen molar-refractivity contribution >= 4 is 17.3 Å². The molecule has 0 aliphatic carbocycles. The Labute approximate surface area is 143 Å². The van der Waals surface area contributed by atoms with E-state index in [-0.39, 0.29) is 6.61 Å². The summed E-state index contributed by atoms with van der Waals surface area (Å²) in [7, 11) is 3.06. The monoisotopic (exact) mass is 340 g/mol. The summed E-state index contributed by atoms with van der Waals surface area (Å²) < 4.78 is 21.2. The lowest BCUT2D eigenvalue weighted by Crippen LogP contribution is -2.05. The molecule has 6 nitrogen and oxygen atoms in total. The molecule has 6 heteroatoms. The van der Waals surface area contributed by atoms with Gasteiger partial charge < -0.3 is 18.6 Å². The lowest BCUT2D eigenvalue weighted by Gasteiger charge is -2.11. The van der Waals surface area contributed by atoms with E-state index in [1.807, 2.05) is 0 Å². The molecular weight excluding hydrogens is 324 g/mol. The number of rotatable bonds is 6. The van der Waals surface area contributed by atoms with E-state index in [1.165, 1.54) is 20.3 Å². The van der Waals surface area contributed by atoms with Crippen LogP contribution in [0.5, 0.6) is 17.2 Å². The molecule has 0 atom stereocenters. The molecule has 0 saturated carbocycles. The first-order valence-electron chi connectivity index (χ1n) is 7.51. The Morgan fingerprint density at radius 3 is 2.44 bits per heavy atom. The van der Waals surface area contributed by atoms with E-state index in [2.05, 4.69) is 0 Å². The number of hydrogen-bond donors (Lipinski definition) is 0. The Morgan fingerprint density at radius 1 is 1.00 bits per heavy atom. The number of hydrogen-bond acceptors (Lipinski definition) is 6. The van der Waals surface area contributed by atoms with Gasteiger partial charge >= 0.3 is 5.63 Å². The van der Waals surface area contributed by atoms with E-state index in [1.54, 1.807) is 36.4 Å². The highest BCUT2D eigenvalue weighted by atomic mass is 16.5. The minimum absolute atomic E-state index is 0.113. The average molecular weight is 340 g/mol. The molecule has 0 aliphatic rings. The van der Waals surface area contributed by atoms with Gasteiger partial charge in [-0.2, -0.15) is 0 Å². The molecule has 128 valence electrons. The van der Waals surface area contributed by atoms with E-state index in [4.69, 9.17) is 18.6 Å². The van der Waals surface area contributed by atoms with Crippen LogP contribution in [0.3, 0.4) is 0 Å². The highest BCUT2D eigenvalue weighted by Gasteiger charge is 2.10. The van der Waals surface area contributed by atoms with Crippen molar-refractivity contribution in [1.82, 2.24) is 0 Å². The van der Waals surface area contributed by atoms with Crippen molar-refractivity contribution in [2.24, 2.45) is 0 Å². The fourth-order valence-corrected chi connectivity index (χ4v) is 2.49. The van der Waals surface area contributed by atoms with Crippen LogP contribution < -0.4 is 19.8 Å². The zero-order chi connectivity index (χ0) is 17.8. The number of ether oxygens (including phenoxy) is 3. The molecule has 1 aromatic heterocycles. The van der Waals surface area contributed by atoms with E-state index >= 15 is 0 Å². The van der Waals surface area contributed by atoms with Crippen molar-refractivity contribution in [2.45, 2.75) is 6.61 Å². The Morgan fingerprint density at radius 2 is 1.72 bits per heavy atom. The van der Waals surface area contributed by atoms with Crippen LogP contribution in [-0.4, -0.2) is 20.5 Å². The second kappa shape index (κ2) is 7.09. The van der Waals surface area contributed by atoms with E-state index in [9.17, 15) is 9.59 Å². The Bertz CT molecular complexity index is 973. The van der Waals surface area contributed by atoms with Gasteiger partial charge in [0, 0.05) is 23.1 Å². The molecule has 0 fully saturated rings. The van der Waals surface area contributed by atoms with Crippen LogP contribution in [-0.2, 0) is 6.61 Å². The minimum Gasteiger partial charge on any atom is -0.497 e. The van der Waals surface area contributed by atoms with Gasteiger partial charge in [0.2, 0.25) is 0 Å². The van der Waals surface area contributed by atoms with Crippen molar-refractivity contribution in [3.63, 3.8) is 0 Å². The SMILES string of the molecule is COc1ccc(OCc2cc(=O)oc3cc(OC)ccc23)c(C=O)c1. The molecule has 0 N–H and O–H groups in total. The fraction of sp³-hybridized carbons (Fsp3) is 0.158. The quantitative estimate of drug-likeness (QED) is 0.507. The summed E-state index contributed by atoms with van der Waals surface area (Å²) in [6, 6.07) is 11.5. The molecule has 0 aliphatic heterocycles. The molecule has 3 aromatic rings. The number of benzene rings is 2. The first kappa shape index (κ1) is 16.6. The van der Waals surface area contributed by atoms with Crippen LogP contribution >= 0.6 is 0 Å². The third-order valence-corrected chi connectivity index (χ3v) is 3.76. The van der Waals surface area contributed by atoms with E-state index in [0.29, 0.717) is 40.2 Å². The second-order valence-corrected chi connectivity index (χ2v) is 5.26. The van der Waals surface area contributed by atoms with Crippen molar-refractivity contribution in [1.29, 1.82) is 0 Å². The lowest BCUT2D eigenvalue weighted by molar-refractivity contribution is 0.111. The standard InChI is InChI=1S/C19H16O6/c1-22-14-4-6-17(12(7-14)10-20)24-11-13-8-19(21)25-18-9-15(23-2)3-5-16(13)18/h3-10H,11H2,1-2H3. The molecule has 0 radical (unpaired) electrons. The van der Waals surface area contributed by atoms with E-state index < -0.39 is 5.63 Å². The van der Waals surface area contributed by atoms with Crippen LogP contribution in [0.2, 0.25) is 0 Å². The van der Waals surface area contributed by atoms with Crippen molar-refractivity contribution in [3.8, 4) is 17.2 Å². The third-order valence-electron chi connectivity index (χ3n) is 3.76. The summed E-state index contributed by atoms with van der Waals surface area (Å²) in [5.74, 6) is 1.56. The normalized spacial score (nSPS) is 10.5. The topological polar surface area (TPSA) is 75.0 Å². The molecule has 25 heavy (non-hydrogen) atoms. The van der Waals surface area contributed by atoms with Crippen molar-refractivity contribution < 1.29 is 23.4 Å². The maximum atomic E-state index is 11.8. The van der Waals surface area contributed by atoms with Gasteiger partial charge in [0.05, 0.1) is 19.8 Å².